The fourth-order valence-electron chi connectivity index (χ4n) is 3.34. The van der Waals surface area contributed by atoms with Crippen LogP contribution in [0.4, 0.5) is 0 Å². The Morgan fingerprint density at radius 3 is 2.22 bits per heavy atom. The molecule has 0 amide bonds. The van der Waals surface area contributed by atoms with E-state index in [9.17, 15) is 5.11 Å². The Labute approximate surface area is 155 Å². The van der Waals surface area contributed by atoms with E-state index in [1.165, 1.54) is 0 Å². The van der Waals surface area contributed by atoms with Crippen molar-refractivity contribution < 1.29 is 5.11 Å². The number of rotatable bonds is 3. The molecule has 0 aliphatic carbocycles. The van der Waals surface area contributed by atoms with Gasteiger partial charge in [0.1, 0.15) is 5.75 Å². The summed E-state index contributed by atoms with van der Waals surface area (Å²) in [5, 5.41) is 25.3. The number of hydrogen-bond acceptors (Lipinski definition) is 4. The minimum absolute atomic E-state index is 0.234. The number of hydrogen-bond donors (Lipinski definition) is 1. The van der Waals surface area contributed by atoms with E-state index in [0.29, 0.717) is 6.42 Å². The molecule has 27 heavy (non-hydrogen) atoms. The van der Waals surface area contributed by atoms with Crippen molar-refractivity contribution in [2.24, 2.45) is 0 Å². The van der Waals surface area contributed by atoms with Crippen LogP contribution in [0.2, 0.25) is 0 Å². The van der Waals surface area contributed by atoms with Gasteiger partial charge in [-0.15, -0.1) is 10.2 Å². The second-order valence-corrected chi connectivity index (χ2v) is 6.46. The molecule has 0 atom stereocenters. The number of nitrogens with zero attached hydrogens (tertiary/aromatic N) is 4. The summed E-state index contributed by atoms with van der Waals surface area (Å²) in [6.45, 7) is 0. The van der Waals surface area contributed by atoms with E-state index in [2.05, 4.69) is 22.3 Å². The Morgan fingerprint density at radius 1 is 0.741 bits per heavy atom. The van der Waals surface area contributed by atoms with Gasteiger partial charge >= 0.3 is 0 Å². The number of benzene rings is 3. The highest BCUT2D eigenvalue weighted by Gasteiger charge is 2.15. The number of aromatic hydroxyl groups is 1. The number of phenols is 1. The van der Waals surface area contributed by atoms with Crippen LogP contribution in [0.1, 0.15) is 11.4 Å². The molecule has 0 saturated heterocycles. The normalized spacial score (nSPS) is 11.3. The topological polar surface area (TPSA) is 63.3 Å². The summed E-state index contributed by atoms with van der Waals surface area (Å²) in [7, 11) is 0. The van der Waals surface area contributed by atoms with Gasteiger partial charge in [0.2, 0.25) is 0 Å². The van der Waals surface area contributed by atoms with E-state index in [0.717, 1.165) is 39.1 Å². The van der Waals surface area contributed by atoms with Gasteiger partial charge in [-0.05, 0) is 29.8 Å². The first kappa shape index (κ1) is 15.5. The minimum Gasteiger partial charge on any atom is -0.508 e. The maximum Gasteiger partial charge on any atom is 0.185 e. The molecular formula is C22H16N4O. The minimum atomic E-state index is 0.234. The highest BCUT2D eigenvalue weighted by atomic mass is 16.3. The van der Waals surface area contributed by atoms with E-state index in [1.807, 2.05) is 59.1 Å². The van der Waals surface area contributed by atoms with Crippen molar-refractivity contribution in [3.8, 4) is 17.0 Å². The zero-order chi connectivity index (χ0) is 18.2. The van der Waals surface area contributed by atoms with Gasteiger partial charge in [0, 0.05) is 22.8 Å². The molecule has 130 valence electrons. The number of aromatic nitrogens is 4. The molecule has 0 aliphatic heterocycles. The standard InChI is InChI=1S/C22H16N4O/c27-17-12-10-16(11-13-17)21-18-8-4-5-9-19(18)22-24-23-20(26(22)25-21)14-15-6-2-1-3-7-15/h1-13,27H,14H2. The van der Waals surface area contributed by atoms with Crippen LogP contribution >= 0.6 is 0 Å². The van der Waals surface area contributed by atoms with Gasteiger partial charge in [0.25, 0.3) is 0 Å². The lowest BCUT2D eigenvalue weighted by atomic mass is 10.0. The van der Waals surface area contributed by atoms with E-state index in [4.69, 9.17) is 5.10 Å². The van der Waals surface area contributed by atoms with Crippen molar-refractivity contribution >= 4 is 16.4 Å². The lowest BCUT2D eigenvalue weighted by Crippen LogP contribution is -2.02. The SMILES string of the molecule is Oc1ccc(-c2nn3c(Cc4ccccc4)nnc3c3ccccc23)cc1. The van der Waals surface area contributed by atoms with Crippen LogP contribution in [-0.4, -0.2) is 24.9 Å². The van der Waals surface area contributed by atoms with E-state index < -0.39 is 0 Å². The average molecular weight is 352 g/mol. The molecule has 2 heterocycles. The molecule has 0 bridgehead atoms. The number of phenolic OH excluding ortho intramolecular Hbond substituents is 1. The van der Waals surface area contributed by atoms with Gasteiger partial charge in [-0.3, -0.25) is 0 Å². The van der Waals surface area contributed by atoms with Gasteiger partial charge in [-0.2, -0.15) is 9.61 Å². The Hall–Kier alpha value is -3.73. The lowest BCUT2D eigenvalue weighted by Gasteiger charge is -2.09. The molecular weight excluding hydrogens is 336 g/mol. The van der Waals surface area contributed by atoms with E-state index in [-0.39, 0.29) is 5.75 Å². The van der Waals surface area contributed by atoms with Crippen LogP contribution in [0.15, 0.2) is 78.9 Å². The molecule has 5 heteroatoms. The van der Waals surface area contributed by atoms with Gasteiger partial charge in [0.05, 0.1) is 5.69 Å². The Morgan fingerprint density at radius 2 is 1.44 bits per heavy atom. The summed E-state index contributed by atoms with van der Waals surface area (Å²) in [6, 6.07) is 25.3. The van der Waals surface area contributed by atoms with Crippen molar-refractivity contribution in [2.75, 3.05) is 0 Å². The average Bonchev–Trinajstić information content (AvgIpc) is 3.12. The van der Waals surface area contributed by atoms with Crippen LogP contribution in [0, 0.1) is 0 Å². The molecule has 5 rings (SSSR count). The summed E-state index contributed by atoms with van der Waals surface area (Å²) in [5.74, 6) is 1.03. The second-order valence-electron chi connectivity index (χ2n) is 6.46. The quantitative estimate of drug-likeness (QED) is 0.527. The number of fused-ring (bicyclic) bond motifs is 3. The molecule has 1 N–H and O–H groups in total. The second kappa shape index (κ2) is 6.21. The van der Waals surface area contributed by atoms with Crippen molar-refractivity contribution in [1.82, 2.24) is 19.8 Å². The van der Waals surface area contributed by atoms with Crippen LogP contribution in [-0.2, 0) is 6.42 Å². The maximum absolute atomic E-state index is 9.62. The van der Waals surface area contributed by atoms with Crippen molar-refractivity contribution in [3.63, 3.8) is 0 Å². The van der Waals surface area contributed by atoms with Gasteiger partial charge in [-0.25, -0.2) is 0 Å². The first-order valence-corrected chi connectivity index (χ1v) is 8.76. The van der Waals surface area contributed by atoms with Crippen molar-refractivity contribution in [2.45, 2.75) is 6.42 Å². The first-order valence-electron chi connectivity index (χ1n) is 8.76. The van der Waals surface area contributed by atoms with Gasteiger partial charge in [0.15, 0.2) is 11.5 Å². The van der Waals surface area contributed by atoms with Crippen LogP contribution in [0.25, 0.3) is 27.7 Å². The Bertz CT molecular complexity index is 1240. The third-order valence-electron chi connectivity index (χ3n) is 4.67. The van der Waals surface area contributed by atoms with Crippen molar-refractivity contribution in [1.29, 1.82) is 0 Å². The Balaban J connectivity index is 1.75. The molecule has 0 fully saturated rings. The molecule has 5 aromatic rings. The Kier molecular flexibility index (Phi) is 3.57. The smallest absolute Gasteiger partial charge is 0.185 e. The molecule has 5 nitrogen and oxygen atoms in total. The van der Waals surface area contributed by atoms with Gasteiger partial charge in [-0.1, -0.05) is 54.6 Å². The zero-order valence-corrected chi connectivity index (χ0v) is 14.4. The fourth-order valence-corrected chi connectivity index (χ4v) is 3.34. The molecule has 3 aromatic carbocycles. The third-order valence-corrected chi connectivity index (χ3v) is 4.67. The molecule has 0 aliphatic rings. The summed E-state index contributed by atoms with van der Waals surface area (Å²) in [6.07, 6.45) is 0.655. The molecule has 0 saturated carbocycles. The first-order chi connectivity index (χ1) is 13.3. The third kappa shape index (κ3) is 2.69. The lowest BCUT2D eigenvalue weighted by molar-refractivity contribution is 0.475. The maximum atomic E-state index is 9.62. The van der Waals surface area contributed by atoms with Crippen LogP contribution in [0.5, 0.6) is 5.75 Å². The molecule has 0 unspecified atom stereocenters. The largest absolute Gasteiger partial charge is 0.508 e. The predicted octanol–water partition coefficient (Wildman–Crippen LogP) is 4.24. The zero-order valence-electron chi connectivity index (χ0n) is 14.4. The monoisotopic (exact) mass is 352 g/mol. The molecule has 0 spiro atoms. The van der Waals surface area contributed by atoms with E-state index in [1.54, 1.807) is 12.1 Å². The summed E-state index contributed by atoms with van der Waals surface area (Å²) in [5.41, 5.74) is 3.68. The van der Waals surface area contributed by atoms with Crippen LogP contribution < -0.4 is 0 Å². The molecule has 0 radical (unpaired) electrons. The van der Waals surface area contributed by atoms with Crippen LogP contribution in [0.3, 0.4) is 0 Å². The predicted molar refractivity (Wildman–Crippen MR) is 105 cm³/mol. The highest BCUT2D eigenvalue weighted by Crippen LogP contribution is 2.30. The summed E-state index contributed by atoms with van der Waals surface area (Å²) < 4.78 is 1.83. The summed E-state index contributed by atoms with van der Waals surface area (Å²) >= 11 is 0. The highest BCUT2D eigenvalue weighted by molar-refractivity contribution is 6.01. The van der Waals surface area contributed by atoms with E-state index >= 15 is 0 Å². The van der Waals surface area contributed by atoms with Gasteiger partial charge < -0.3 is 5.11 Å². The fraction of sp³-hybridized carbons (Fsp3) is 0.0455. The van der Waals surface area contributed by atoms with Crippen molar-refractivity contribution in [3.05, 3.63) is 90.3 Å². The molecule has 2 aromatic heterocycles. The summed E-state index contributed by atoms with van der Waals surface area (Å²) in [4.78, 5) is 0.